The largest absolute Gasteiger partial charge is 0.383 e. The van der Waals surface area contributed by atoms with Crippen molar-refractivity contribution >= 4 is 22.8 Å². The summed E-state index contributed by atoms with van der Waals surface area (Å²) in [6.07, 6.45) is 1.75. The molecule has 2 aromatic heterocycles. The summed E-state index contributed by atoms with van der Waals surface area (Å²) in [7, 11) is 3.52. The summed E-state index contributed by atoms with van der Waals surface area (Å²) < 4.78 is 6.80. The Kier molecular flexibility index (Phi) is 5.42. The molecule has 2 heterocycles. The number of nitrogens with one attached hydrogen (secondary N) is 2. The van der Waals surface area contributed by atoms with Crippen molar-refractivity contribution in [1.29, 1.82) is 0 Å². The molecule has 0 radical (unpaired) electrons. The lowest BCUT2D eigenvalue weighted by Gasteiger charge is -2.14. The van der Waals surface area contributed by atoms with Crippen LogP contribution in [-0.4, -0.2) is 46.6 Å². The molecule has 0 amide bonds. The molecule has 0 aliphatic rings. The molecule has 8 heteroatoms. The van der Waals surface area contributed by atoms with E-state index < -0.39 is 0 Å². The van der Waals surface area contributed by atoms with E-state index in [2.05, 4.69) is 25.7 Å². The SMILES string of the molecule is COCCNc1nc(NCC(N)c2ccccc2)nc2c1cnn2C. The Hall–Kier alpha value is -2.71. The number of benzene rings is 1. The number of hydrogen-bond donors (Lipinski definition) is 3. The van der Waals surface area contributed by atoms with Gasteiger partial charge in [0.15, 0.2) is 5.65 Å². The third kappa shape index (κ3) is 4.04. The minimum Gasteiger partial charge on any atom is -0.383 e. The van der Waals surface area contributed by atoms with Crippen LogP contribution in [0.2, 0.25) is 0 Å². The average molecular weight is 341 g/mol. The van der Waals surface area contributed by atoms with Crippen LogP contribution in [0.5, 0.6) is 0 Å². The molecular formula is C17H23N7O. The molecule has 4 N–H and O–H groups in total. The second-order valence-corrected chi connectivity index (χ2v) is 5.72. The lowest BCUT2D eigenvalue weighted by atomic mass is 10.1. The van der Waals surface area contributed by atoms with Crippen LogP contribution in [0.1, 0.15) is 11.6 Å². The van der Waals surface area contributed by atoms with Gasteiger partial charge in [-0.25, -0.2) is 0 Å². The standard InChI is InChI=1S/C17H23N7O/c1-24-16-13(10-21-24)15(19-8-9-25-2)22-17(23-16)20-11-14(18)12-6-4-3-5-7-12/h3-7,10,14H,8-9,11,18H2,1-2H3,(H2,19,20,22,23). The van der Waals surface area contributed by atoms with Crippen LogP contribution in [0.4, 0.5) is 11.8 Å². The number of aromatic nitrogens is 4. The molecule has 0 fully saturated rings. The van der Waals surface area contributed by atoms with E-state index in [9.17, 15) is 0 Å². The van der Waals surface area contributed by atoms with E-state index in [0.29, 0.717) is 25.6 Å². The minimum absolute atomic E-state index is 0.142. The van der Waals surface area contributed by atoms with Crippen molar-refractivity contribution in [1.82, 2.24) is 19.7 Å². The van der Waals surface area contributed by atoms with Crippen LogP contribution in [-0.2, 0) is 11.8 Å². The molecule has 0 spiro atoms. The zero-order valence-electron chi connectivity index (χ0n) is 14.4. The van der Waals surface area contributed by atoms with Crippen molar-refractivity contribution in [2.45, 2.75) is 6.04 Å². The van der Waals surface area contributed by atoms with Gasteiger partial charge in [-0.1, -0.05) is 30.3 Å². The smallest absolute Gasteiger partial charge is 0.226 e. The fourth-order valence-electron chi connectivity index (χ4n) is 2.53. The number of ether oxygens (including phenoxy) is 1. The maximum atomic E-state index is 6.23. The molecule has 0 saturated heterocycles. The van der Waals surface area contributed by atoms with Crippen molar-refractivity contribution in [3.05, 3.63) is 42.1 Å². The average Bonchev–Trinajstić information content (AvgIpc) is 3.02. The van der Waals surface area contributed by atoms with Crippen molar-refractivity contribution in [2.75, 3.05) is 37.4 Å². The quantitative estimate of drug-likeness (QED) is 0.534. The molecule has 0 aliphatic heterocycles. The summed E-state index contributed by atoms with van der Waals surface area (Å²) in [6.45, 7) is 1.78. The van der Waals surface area contributed by atoms with Gasteiger partial charge in [0.05, 0.1) is 18.2 Å². The fraction of sp³-hybridized carbons (Fsp3) is 0.353. The maximum Gasteiger partial charge on any atom is 0.226 e. The highest BCUT2D eigenvalue weighted by atomic mass is 16.5. The maximum absolute atomic E-state index is 6.23. The molecule has 0 saturated carbocycles. The third-order valence-electron chi connectivity index (χ3n) is 3.90. The molecule has 0 bridgehead atoms. The summed E-state index contributed by atoms with van der Waals surface area (Å²) in [4.78, 5) is 9.09. The van der Waals surface area contributed by atoms with E-state index in [1.165, 1.54) is 0 Å². The zero-order valence-corrected chi connectivity index (χ0v) is 14.4. The molecule has 1 aromatic carbocycles. The minimum atomic E-state index is -0.142. The molecule has 25 heavy (non-hydrogen) atoms. The molecule has 132 valence electrons. The van der Waals surface area contributed by atoms with Gasteiger partial charge in [0.25, 0.3) is 0 Å². The second-order valence-electron chi connectivity index (χ2n) is 5.72. The fourth-order valence-corrected chi connectivity index (χ4v) is 2.53. The number of methoxy groups -OCH3 is 1. The zero-order chi connectivity index (χ0) is 17.6. The van der Waals surface area contributed by atoms with Gasteiger partial charge in [-0.3, -0.25) is 4.68 Å². The molecule has 0 aliphatic carbocycles. The molecule has 1 unspecified atom stereocenters. The van der Waals surface area contributed by atoms with E-state index in [1.807, 2.05) is 37.4 Å². The van der Waals surface area contributed by atoms with Gasteiger partial charge in [-0.2, -0.15) is 15.1 Å². The topological polar surface area (TPSA) is 103 Å². The number of nitrogens with zero attached hydrogens (tertiary/aromatic N) is 4. The first-order valence-corrected chi connectivity index (χ1v) is 8.16. The first-order valence-electron chi connectivity index (χ1n) is 8.16. The highest BCUT2D eigenvalue weighted by Crippen LogP contribution is 2.21. The van der Waals surface area contributed by atoms with E-state index in [-0.39, 0.29) is 6.04 Å². The van der Waals surface area contributed by atoms with E-state index in [1.54, 1.807) is 18.0 Å². The van der Waals surface area contributed by atoms with Crippen LogP contribution in [0, 0.1) is 0 Å². The monoisotopic (exact) mass is 341 g/mol. The van der Waals surface area contributed by atoms with Crippen LogP contribution >= 0.6 is 0 Å². The summed E-state index contributed by atoms with van der Waals surface area (Å²) >= 11 is 0. The number of fused-ring (bicyclic) bond motifs is 1. The van der Waals surface area contributed by atoms with E-state index >= 15 is 0 Å². The van der Waals surface area contributed by atoms with Crippen molar-refractivity contribution < 1.29 is 4.74 Å². The Balaban J connectivity index is 1.77. The summed E-state index contributed by atoms with van der Waals surface area (Å²) in [6, 6.07) is 9.80. The number of rotatable bonds is 8. The number of aryl methyl sites for hydroxylation is 1. The summed E-state index contributed by atoms with van der Waals surface area (Å²) in [5.74, 6) is 1.24. The van der Waals surface area contributed by atoms with E-state index in [4.69, 9.17) is 10.5 Å². The Labute approximate surface area is 146 Å². The van der Waals surface area contributed by atoms with Crippen LogP contribution < -0.4 is 16.4 Å². The molecular weight excluding hydrogens is 318 g/mol. The lowest BCUT2D eigenvalue weighted by Crippen LogP contribution is -2.21. The second kappa shape index (κ2) is 7.91. The van der Waals surface area contributed by atoms with Gasteiger partial charge in [0.2, 0.25) is 5.95 Å². The van der Waals surface area contributed by atoms with Crippen LogP contribution in [0.25, 0.3) is 11.0 Å². The summed E-state index contributed by atoms with van der Waals surface area (Å²) in [5.41, 5.74) is 8.05. The Morgan fingerprint density at radius 3 is 2.76 bits per heavy atom. The number of nitrogens with two attached hydrogens (primary N) is 1. The van der Waals surface area contributed by atoms with Crippen molar-refractivity contribution in [3.8, 4) is 0 Å². The van der Waals surface area contributed by atoms with Gasteiger partial charge in [-0.05, 0) is 5.56 Å². The Morgan fingerprint density at radius 2 is 2.00 bits per heavy atom. The predicted octanol–water partition coefficient (Wildman–Crippen LogP) is 1.53. The third-order valence-corrected chi connectivity index (χ3v) is 3.90. The number of anilines is 2. The molecule has 3 rings (SSSR count). The van der Waals surface area contributed by atoms with Crippen molar-refractivity contribution in [3.63, 3.8) is 0 Å². The van der Waals surface area contributed by atoms with Gasteiger partial charge in [-0.15, -0.1) is 0 Å². The van der Waals surface area contributed by atoms with Crippen molar-refractivity contribution in [2.24, 2.45) is 12.8 Å². The highest BCUT2D eigenvalue weighted by molar-refractivity contribution is 5.87. The van der Waals surface area contributed by atoms with Crippen LogP contribution in [0.3, 0.4) is 0 Å². The van der Waals surface area contributed by atoms with Gasteiger partial charge >= 0.3 is 0 Å². The summed E-state index contributed by atoms with van der Waals surface area (Å²) in [5, 5.41) is 11.6. The van der Waals surface area contributed by atoms with Gasteiger partial charge in [0, 0.05) is 33.3 Å². The van der Waals surface area contributed by atoms with Gasteiger partial charge in [0.1, 0.15) is 5.82 Å². The lowest BCUT2D eigenvalue weighted by molar-refractivity contribution is 0.210. The first-order chi connectivity index (χ1) is 12.2. The predicted molar refractivity (Wildman–Crippen MR) is 98.5 cm³/mol. The molecule has 1 atom stereocenters. The van der Waals surface area contributed by atoms with E-state index in [0.717, 1.165) is 22.4 Å². The molecule has 8 nitrogen and oxygen atoms in total. The van der Waals surface area contributed by atoms with Gasteiger partial charge < -0.3 is 21.1 Å². The number of hydrogen-bond acceptors (Lipinski definition) is 7. The highest BCUT2D eigenvalue weighted by Gasteiger charge is 2.12. The molecule has 3 aromatic rings. The Bertz CT molecular complexity index is 818. The first kappa shape index (κ1) is 17.1. The Morgan fingerprint density at radius 1 is 1.20 bits per heavy atom. The van der Waals surface area contributed by atoms with Crippen LogP contribution in [0.15, 0.2) is 36.5 Å². The normalized spacial score (nSPS) is 12.3.